The van der Waals surface area contributed by atoms with Crippen LogP contribution in [0.3, 0.4) is 0 Å². The van der Waals surface area contributed by atoms with Gasteiger partial charge in [0.2, 0.25) is 11.8 Å². The largest absolute Gasteiger partial charge is 0.345 e. The van der Waals surface area contributed by atoms with Crippen LogP contribution in [0.1, 0.15) is 58.3 Å². The van der Waals surface area contributed by atoms with Gasteiger partial charge < -0.3 is 10.2 Å². The monoisotopic (exact) mass is 254 g/mol. The Morgan fingerprint density at radius 1 is 1.00 bits per heavy atom. The van der Waals surface area contributed by atoms with Crippen LogP contribution in [0.2, 0.25) is 0 Å². The average molecular weight is 254 g/mol. The van der Waals surface area contributed by atoms with Gasteiger partial charge in [0.1, 0.15) is 0 Å². The van der Waals surface area contributed by atoms with Crippen LogP contribution in [0.25, 0.3) is 0 Å². The molecule has 1 rings (SSSR count). The van der Waals surface area contributed by atoms with E-state index in [0.717, 1.165) is 19.4 Å². The molecule has 1 saturated heterocycles. The van der Waals surface area contributed by atoms with E-state index in [2.05, 4.69) is 12.2 Å². The lowest BCUT2D eigenvalue weighted by atomic mass is 10.1. The van der Waals surface area contributed by atoms with Crippen molar-refractivity contribution in [1.82, 2.24) is 10.2 Å². The van der Waals surface area contributed by atoms with Crippen LogP contribution in [0.15, 0.2) is 0 Å². The van der Waals surface area contributed by atoms with E-state index in [9.17, 15) is 9.59 Å². The molecule has 0 aliphatic carbocycles. The number of hydrogen-bond donors (Lipinski definition) is 1. The maximum Gasteiger partial charge on any atom is 0.242 e. The van der Waals surface area contributed by atoms with Crippen molar-refractivity contribution in [3.05, 3.63) is 0 Å². The molecule has 1 fully saturated rings. The lowest BCUT2D eigenvalue weighted by Crippen LogP contribution is -2.51. The van der Waals surface area contributed by atoms with E-state index in [0.29, 0.717) is 0 Å². The Morgan fingerprint density at radius 3 is 2.28 bits per heavy atom. The Kier molecular flexibility index (Phi) is 7.46. The molecule has 4 heteroatoms. The molecular weight excluding hydrogens is 228 g/mol. The van der Waals surface area contributed by atoms with Gasteiger partial charge in [-0.1, -0.05) is 51.9 Å². The first-order valence-corrected chi connectivity index (χ1v) is 7.28. The molecule has 0 aromatic carbocycles. The van der Waals surface area contributed by atoms with Crippen LogP contribution >= 0.6 is 0 Å². The zero-order valence-electron chi connectivity index (χ0n) is 11.5. The number of nitrogens with one attached hydrogen (secondary N) is 1. The second kappa shape index (κ2) is 8.95. The number of unbranched alkanes of at least 4 members (excludes halogenated alkanes) is 7. The fourth-order valence-electron chi connectivity index (χ4n) is 2.24. The standard InChI is InChI=1S/C14H26N2O2/c1-2-3-4-5-6-7-8-9-10-16-12-13(17)15-11-14(16)18/h2-12H2,1H3,(H,15,17). The average Bonchev–Trinajstić information content (AvgIpc) is 2.36. The second-order valence-corrected chi connectivity index (χ2v) is 5.07. The molecule has 1 N–H and O–H groups in total. The van der Waals surface area contributed by atoms with Crippen LogP contribution in [-0.2, 0) is 9.59 Å². The maximum atomic E-state index is 11.5. The first-order chi connectivity index (χ1) is 8.74. The van der Waals surface area contributed by atoms with Crippen molar-refractivity contribution in [3.8, 4) is 0 Å². The van der Waals surface area contributed by atoms with E-state index in [-0.39, 0.29) is 24.9 Å². The zero-order chi connectivity index (χ0) is 13.2. The Hall–Kier alpha value is -1.06. The number of hydrogen-bond acceptors (Lipinski definition) is 2. The van der Waals surface area contributed by atoms with Crippen LogP contribution in [0.4, 0.5) is 0 Å². The third-order valence-electron chi connectivity index (χ3n) is 3.41. The van der Waals surface area contributed by atoms with Crippen molar-refractivity contribution in [2.75, 3.05) is 19.6 Å². The van der Waals surface area contributed by atoms with Crippen LogP contribution in [0, 0.1) is 0 Å². The predicted molar refractivity (Wildman–Crippen MR) is 72.2 cm³/mol. The molecule has 0 aromatic rings. The van der Waals surface area contributed by atoms with Gasteiger partial charge in [-0.25, -0.2) is 0 Å². The molecular formula is C14H26N2O2. The quantitative estimate of drug-likeness (QED) is 0.640. The molecule has 104 valence electrons. The highest BCUT2D eigenvalue weighted by Gasteiger charge is 2.21. The molecule has 1 aliphatic heterocycles. The van der Waals surface area contributed by atoms with Crippen LogP contribution < -0.4 is 5.32 Å². The lowest BCUT2D eigenvalue weighted by Gasteiger charge is -2.26. The van der Waals surface area contributed by atoms with Crippen molar-refractivity contribution in [1.29, 1.82) is 0 Å². The number of carbonyl (C=O) groups is 2. The summed E-state index contributed by atoms with van der Waals surface area (Å²) in [6, 6.07) is 0. The minimum atomic E-state index is -0.0332. The van der Waals surface area contributed by atoms with Gasteiger partial charge in [0.15, 0.2) is 0 Å². The number of carbonyl (C=O) groups excluding carboxylic acids is 2. The van der Waals surface area contributed by atoms with E-state index in [4.69, 9.17) is 0 Å². The van der Waals surface area contributed by atoms with Gasteiger partial charge in [-0.3, -0.25) is 9.59 Å². The smallest absolute Gasteiger partial charge is 0.242 e. The van der Waals surface area contributed by atoms with E-state index >= 15 is 0 Å². The van der Waals surface area contributed by atoms with Gasteiger partial charge in [0.25, 0.3) is 0 Å². The fourth-order valence-corrected chi connectivity index (χ4v) is 2.24. The Balaban J connectivity index is 1.96. The molecule has 4 nitrogen and oxygen atoms in total. The second-order valence-electron chi connectivity index (χ2n) is 5.07. The highest BCUT2D eigenvalue weighted by Crippen LogP contribution is 2.09. The van der Waals surface area contributed by atoms with Gasteiger partial charge in [-0.2, -0.15) is 0 Å². The van der Waals surface area contributed by atoms with Gasteiger partial charge in [0, 0.05) is 6.54 Å². The summed E-state index contributed by atoms with van der Waals surface area (Å²) in [6.07, 6.45) is 10.0. The van der Waals surface area contributed by atoms with Crippen molar-refractivity contribution < 1.29 is 9.59 Å². The van der Waals surface area contributed by atoms with Gasteiger partial charge >= 0.3 is 0 Å². The Labute approximate surface area is 110 Å². The van der Waals surface area contributed by atoms with E-state index in [1.54, 1.807) is 4.90 Å². The summed E-state index contributed by atoms with van der Waals surface area (Å²) in [7, 11) is 0. The first-order valence-electron chi connectivity index (χ1n) is 7.28. The summed E-state index contributed by atoms with van der Waals surface area (Å²) < 4.78 is 0. The fraction of sp³-hybridized carbons (Fsp3) is 0.857. The van der Waals surface area contributed by atoms with Crippen LogP contribution in [-0.4, -0.2) is 36.3 Å². The highest BCUT2D eigenvalue weighted by molar-refractivity contribution is 5.92. The topological polar surface area (TPSA) is 49.4 Å². The first kappa shape index (κ1) is 15.0. The number of amides is 2. The summed E-state index contributed by atoms with van der Waals surface area (Å²) in [5.41, 5.74) is 0. The van der Waals surface area contributed by atoms with Crippen molar-refractivity contribution in [2.45, 2.75) is 58.3 Å². The number of nitrogens with zero attached hydrogens (tertiary/aromatic N) is 1. The predicted octanol–water partition coefficient (Wildman–Crippen LogP) is 2.09. The summed E-state index contributed by atoms with van der Waals surface area (Å²) in [5.74, 6) is 0.0201. The summed E-state index contributed by atoms with van der Waals surface area (Å²) >= 11 is 0. The van der Waals surface area contributed by atoms with E-state index < -0.39 is 0 Å². The molecule has 0 spiro atoms. The SMILES string of the molecule is CCCCCCCCCCN1CC(=O)NCC1=O. The van der Waals surface area contributed by atoms with Crippen molar-refractivity contribution in [2.24, 2.45) is 0 Å². The van der Waals surface area contributed by atoms with Gasteiger partial charge in [-0.05, 0) is 6.42 Å². The van der Waals surface area contributed by atoms with Crippen molar-refractivity contribution >= 4 is 11.8 Å². The summed E-state index contributed by atoms with van der Waals surface area (Å²) in [4.78, 5) is 24.3. The molecule has 0 saturated carbocycles. The third-order valence-corrected chi connectivity index (χ3v) is 3.41. The number of rotatable bonds is 9. The van der Waals surface area contributed by atoms with E-state index in [1.807, 2.05) is 0 Å². The minimum absolute atomic E-state index is 0.0332. The molecule has 1 aliphatic rings. The molecule has 18 heavy (non-hydrogen) atoms. The third kappa shape index (κ3) is 6.03. The molecule has 0 atom stereocenters. The zero-order valence-corrected chi connectivity index (χ0v) is 11.5. The molecule has 0 unspecified atom stereocenters. The van der Waals surface area contributed by atoms with Gasteiger partial charge in [0.05, 0.1) is 13.1 Å². The minimum Gasteiger partial charge on any atom is -0.345 e. The van der Waals surface area contributed by atoms with E-state index in [1.165, 1.54) is 38.5 Å². The maximum absolute atomic E-state index is 11.5. The van der Waals surface area contributed by atoms with Crippen LogP contribution in [0.5, 0.6) is 0 Å². The molecule has 0 bridgehead atoms. The summed E-state index contributed by atoms with van der Waals surface area (Å²) in [5, 5.41) is 2.56. The number of piperazine rings is 1. The molecule has 0 aromatic heterocycles. The normalized spacial score (nSPS) is 15.9. The highest BCUT2D eigenvalue weighted by atomic mass is 16.2. The Bertz CT molecular complexity index is 267. The molecule has 1 heterocycles. The summed E-state index contributed by atoms with van der Waals surface area (Å²) in [6.45, 7) is 3.39. The molecule has 2 amide bonds. The molecule has 0 radical (unpaired) electrons. The Morgan fingerprint density at radius 2 is 1.61 bits per heavy atom. The van der Waals surface area contributed by atoms with Crippen molar-refractivity contribution in [3.63, 3.8) is 0 Å². The van der Waals surface area contributed by atoms with Gasteiger partial charge in [-0.15, -0.1) is 0 Å². The lowest BCUT2D eigenvalue weighted by molar-refractivity contribution is -0.140.